The summed E-state index contributed by atoms with van der Waals surface area (Å²) in [6.45, 7) is 10.5. The van der Waals surface area contributed by atoms with E-state index in [1.54, 1.807) is 0 Å². The first kappa shape index (κ1) is 11.8. The quantitative estimate of drug-likeness (QED) is 0.555. The predicted molar refractivity (Wildman–Crippen MR) is 34.0 cm³/mol. The van der Waals surface area contributed by atoms with Gasteiger partial charge in [0.15, 0.2) is 0 Å². The molecule has 0 aliphatic heterocycles. The summed E-state index contributed by atoms with van der Waals surface area (Å²) in [4.78, 5) is 0. The summed E-state index contributed by atoms with van der Waals surface area (Å²) >= 11 is 0. The Hall–Kier alpha value is 1.10. The van der Waals surface area contributed by atoms with Crippen LogP contribution in [0.15, 0.2) is 0 Å². The summed E-state index contributed by atoms with van der Waals surface area (Å²) in [5, 5.41) is 0. The van der Waals surface area contributed by atoms with Crippen LogP contribution >= 0.6 is 0 Å². The maximum Gasteiger partial charge on any atom is 0 e. The first-order valence-corrected chi connectivity index (χ1v) is 2.85. The van der Waals surface area contributed by atoms with Crippen molar-refractivity contribution in [3.63, 3.8) is 0 Å². The molecule has 0 heterocycles. The molecular weight excluding hydrogens is 173 g/mol. The molecular formula is C7H15Y-. The third kappa shape index (κ3) is 10.2. The van der Waals surface area contributed by atoms with Gasteiger partial charge in [0.25, 0.3) is 0 Å². The molecule has 1 heteroatoms. The normalized spacial score (nSPS) is 10.5. The molecule has 1 radical (unpaired) electrons. The van der Waals surface area contributed by atoms with Crippen molar-refractivity contribution in [3.8, 4) is 0 Å². The molecule has 0 aliphatic rings. The van der Waals surface area contributed by atoms with Crippen molar-refractivity contribution in [2.45, 2.75) is 33.6 Å². The first-order chi connectivity index (χ1) is 3.06. The van der Waals surface area contributed by atoms with E-state index >= 15 is 0 Å². The molecule has 0 bridgehead atoms. The molecule has 47 valence electrons. The van der Waals surface area contributed by atoms with Crippen molar-refractivity contribution < 1.29 is 32.7 Å². The molecule has 8 heavy (non-hydrogen) atoms. The van der Waals surface area contributed by atoms with Crippen molar-refractivity contribution in [3.05, 3.63) is 6.92 Å². The third-order valence-electron chi connectivity index (χ3n) is 0.927. The van der Waals surface area contributed by atoms with Crippen LogP contribution in [-0.2, 0) is 32.7 Å². The Morgan fingerprint density at radius 2 is 1.62 bits per heavy atom. The van der Waals surface area contributed by atoms with Gasteiger partial charge in [0.2, 0.25) is 0 Å². The summed E-state index contributed by atoms with van der Waals surface area (Å²) in [5.41, 5.74) is 0.488. The third-order valence-corrected chi connectivity index (χ3v) is 0.927. The predicted octanol–water partition coefficient (Wildman–Crippen LogP) is 2.64. The zero-order chi connectivity index (χ0) is 5.91. The van der Waals surface area contributed by atoms with Crippen LogP contribution < -0.4 is 0 Å². The molecule has 0 amide bonds. The van der Waals surface area contributed by atoms with Crippen molar-refractivity contribution in [2.75, 3.05) is 0 Å². The fraction of sp³-hybridized carbons (Fsp3) is 0.857. The van der Waals surface area contributed by atoms with Crippen LogP contribution in [0, 0.1) is 12.3 Å². The van der Waals surface area contributed by atoms with Crippen LogP contribution in [-0.4, -0.2) is 0 Å². The standard InChI is InChI=1S/C7H15.Y/c1-5-6-7(2,3)4;/h1,5-6H2,2-4H3;/q-1;. The monoisotopic (exact) mass is 188 g/mol. The van der Waals surface area contributed by atoms with Gasteiger partial charge in [-0.3, -0.25) is 0 Å². The SMILES string of the molecule is [CH2-]CCC(C)(C)C.[Y]. The Labute approximate surface area is 78.3 Å². The second-order valence-electron chi connectivity index (χ2n) is 3.16. The molecule has 0 unspecified atom stereocenters. The molecule has 0 aromatic carbocycles. The van der Waals surface area contributed by atoms with Crippen molar-refractivity contribution in [1.82, 2.24) is 0 Å². The van der Waals surface area contributed by atoms with Crippen LogP contribution in [0.2, 0.25) is 0 Å². The Morgan fingerprint density at radius 3 is 1.62 bits per heavy atom. The minimum Gasteiger partial charge on any atom is -0.343 e. The van der Waals surface area contributed by atoms with Gasteiger partial charge in [0, 0.05) is 32.7 Å². The molecule has 0 aliphatic carbocycles. The second kappa shape index (κ2) is 4.93. The average Bonchev–Trinajstić information content (AvgIpc) is 1.30. The topological polar surface area (TPSA) is 0 Å². The first-order valence-electron chi connectivity index (χ1n) is 2.85. The van der Waals surface area contributed by atoms with Gasteiger partial charge in [-0.2, -0.15) is 6.42 Å². The van der Waals surface area contributed by atoms with E-state index in [0.29, 0.717) is 5.41 Å². The number of hydrogen-bond acceptors (Lipinski definition) is 0. The van der Waals surface area contributed by atoms with E-state index < -0.39 is 0 Å². The molecule has 0 aromatic rings. The summed E-state index contributed by atoms with van der Waals surface area (Å²) < 4.78 is 0. The Balaban J connectivity index is 0. The Bertz CT molecular complexity index is 42.8. The van der Waals surface area contributed by atoms with Crippen molar-refractivity contribution >= 4 is 0 Å². The van der Waals surface area contributed by atoms with Gasteiger partial charge in [0.05, 0.1) is 0 Å². The zero-order valence-electron chi connectivity index (χ0n) is 6.20. The molecule has 0 spiro atoms. The summed E-state index contributed by atoms with van der Waals surface area (Å²) in [6.07, 6.45) is 2.29. The number of rotatable bonds is 1. The van der Waals surface area contributed by atoms with Crippen LogP contribution in [0.1, 0.15) is 33.6 Å². The minimum atomic E-state index is 0. The van der Waals surface area contributed by atoms with Gasteiger partial charge in [-0.15, -0.1) is 0 Å². The van der Waals surface area contributed by atoms with Gasteiger partial charge in [-0.1, -0.05) is 27.2 Å². The minimum absolute atomic E-state index is 0. The molecule has 0 fully saturated rings. The largest absolute Gasteiger partial charge is 0.343 e. The van der Waals surface area contributed by atoms with Gasteiger partial charge in [-0.05, 0) is 5.41 Å². The van der Waals surface area contributed by atoms with E-state index in [1.807, 2.05) is 0 Å². The number of hydrogen-bond donors (Lipinski definition) is 0. The average molecular weight is 188 g/mol. The summed E-state index contributed by atoms with van der Waals surface area (Å²) in [6, 6.07) is 0. The fourth-order valence-electron chi connectivity index (χ4n) is 0.530. The van der Waals surface area contributed by atoms with Gasteiger partial charge in [0.1, 0.15) is 0 Å². The summed E-state index contributed by atoms with van der Waals surface area (Å²) in [7, 11) is 0. The molecule has 0 aromatic heterocycles. The zero-order valence-corrected chi connectivity index (χ0v) is 9.04. The van der Waals surface area contributed by atoms with E-state index in [4.69, 9.17) is 0 Å². The van der Waals surface area contributed by atoms with Crippen LogP contribution in [0.25, 0.3) is 0 Å². The molecule has 0 atom stereocenters. The van der Waals surface area contributed by atoms with E-state index in [1.165, 1.54) is 6.42 Å². The van der Waals surface area contributed by atoms with Crippen LogP contribution in [0.3, 0.4) is 0 Å². The molecule has 0 nitrogen and oxygen atoms in total. The fourth-order valence-corrected chi connectivity index (χ4v) is 0.530. The molecule has 0 N–H and O–H groups in total. The van der Waals surface area contributed by atoms with E-state index in [-0.39, 0.29) is 32.7 Å². The van der Waals surface area contributed by atoms with Gasteiger partial charge >= 0.3 is 0 Å². The Morgan fingerprint density at radius 1 is 1.25 bits per heavy atom. The van der Waals surface area contributed by atoms with Crippen molar-refractivity contribution in [2.24, 2.45) is 5.41 Å². The smallest absolute Gasteiger partial charge is 0 e. The molecule has 0 saturated heterocycles. The Kier molecular flexibility index (Phi) is 7.31. The van der Waals surface area contributed by atoms with E-state index in [9.17, 15) is 0 Å². The van der Waals surface area contributed by atoms with E-state index in [2.05, 4.69) is 27.7 Å². The van der Waals surface area contributed by atoms with Gasteiger partial charge < -0.3 is 6.92 Å². The maximum atomic E-state index is 3.77. The second-order valence-corrected chi connectivity index (χ2v) is 3.16. The maximum absolute atomic E-state index is 3.77. The molecule has 0 saturated carbocycles. The van der Waals surface area contributed by atoms with Crippen LogP contribution in [0.5, 0.6) is 0 Å². The van der Waals surface area contributed by atoms with Crippen LogP contribution in [0.4, 0.5) is 0 Å². The van der Waals surface area contributed by atoms with Crippen molar-refractivity contribution in [1.29, 1.82) is 0 Å². The van der Waals surface area contributed by atoms with E-state index in [0.717, 1.165) is 6.42 Å². The molecule has 0 rings (SSSR count). The summed E-state index contributed by atoms with van der Waals surface area (Å²) in [5.74, 6) is 0. The van der Waals surface area contributed by atoms with Gasteiger partial charge in [-0.25, -0.2) is 0 Å².